The van der Waals surface area contributed by atoms with Gasteiger partial charge in [-0.05, 0) is 31.6 Å². The third kappa shape index (κ3) is 3.93. The summed E-state index contributed by atoms with van der Waals surface area (Å²) in [5.41, 5.74) is 4.16. The van der Waals surface area contributed by atoms with Gasteiger partial charge in [0.1, 0.15) is 0 Å². The van der Waals surface area contributed by atoms with Crippen LogP contribution in [0.3, 0.4) is 0 Å². The van der Waals surface area contributed by atoms with Crippen LogP contribution in [0.5, 0.6) is 0 Å². The molecule has 0 saturated heterocycles. The zero-order valence-electron chi connectivity index (χ0n) is 10.3. The average molecular weight is 221 g/mol. The van der Waals surface area contributed by atoms with E-state index in [1.165, 1.54) is 5.56 Å². The SMILES string of the molecule is CCN(CC)CCC(NN)c1ccccc1. The lowest BCUT2D eigenvalue weighted by atomic mass is 10.0. The highest BCUT2D eigenvalue weighted by Gasteiger charge is 2.10. The van der Waals surface area contributed by atoms with Crippen molar-refractivity contribution in [2.45, 2.75) is 26.3 Å². The van der Waals surface area contributed by atoms with E-state index in [2.05, 4.69) is 48.4 Å². The Balaban J connectivity index is 2.50. The van der Waals surface area contributed by atoms with Gasteiger partial charge in [0, 0.05) is 6.04 Å². The van der Waals surface area contributed by atoms with Gasteiger partial charge in [0.2, 0.25) is 0 Å². The molecule has 1 aromatic rings. The molecule has 0 heterocycles. The Kier molecular flexibility index (Phi) is 6.08. The van der Waals surface area contributed by atoms with E-state index >= 15 is 0 Å². The molecule has 0 aliphatic rings. The maximum Gasteiger partial charge on any atom is 0.0472 e. The lowest BCUT2D eigenvalue weighted by Gasteiger charge is -2.22. The van der Waals surface area contributed by atoms with Crippen molar-refractivity contribution in [1.82, 2.24) is 10.3 Å². The quantitative estimate of drug-likeness (QED) is 0.546. The molecular weight excluding hydrogens is 198 g/mol. The van der Waals surface area contributed by atoms with Gasteiger partial charge in [-0.1, -0.05) is 44.2 Å². The molecule has 1 atom stereocenters. The Morgan fingerprint density at radius 1 is 1.19 bits per heavy atom. The van der Waals surface area contributed by atoms with Crippen molar-refractivity contribution < 1.29 is 0 Å². The van der Waals surface area contributed by atoms with E-state index in [1.54, 1.807) is 0 Å². The summed E-state index contributed by atoms with van der Waals surface area (Å²) in [6, 6.07) is 10.6. The average Bonchev–Trinajstić information content (AvgIpc) is 2.36. The van der Waals surface area contributed by atoms with Crippen molar-refractivity contribution in [3.05, 3.63) is 35.9 Å². The number of hydrazine groups is 1. The van der Waals surface area contributed by atoms with Gasteiger partial charge in [-0.2, -0.15) is 0 Å². The van der Waals surface area contributed by atoms with Crippen LogP contribution in [0, 0.1) is 0 Å². The number of nitrogens with one attached hydrogen (secondary N) is 1. The van der Waals surface area contributed by atoms with Gasteiger partial charge in [0.25, 0.3) is 0 Å². The predicted octanol–water partition coefficient (Wildman–Crippen LogP) is 1.92. The van der Waals surface area contributed by atoms with Gasteiger partial charge in [0.15, 0.2) is 0 Å². The smallest absolute Gasteiger partial charge is 0.0472 e. The first-order valence-corrected chi connectivity index (χ1v) is 6.05. The molecular formula is C13H23N3. The molecule has 90 valence electrons. The van der Waals surface area contributed by atoms with Gasteiger partial charge in [-0.15, -0.1) is 0 Å². The van der Waals surface area contributed by atoms with Crippen molar-refractivity contribution in [1.29, 1.82) is 0 Å². The van der Waals surface area contributed by atoms with Crippen molar-refractivity contribution in [3.63, 3.8) is 0 Å². The molecule has 0 aliphatic heterocycles. The van der Waals surface area contributed by atoms with E-state index < -0.39 is 0 Å². The van der Waals surface area contributed by atoms with Gasteiger partial charge < -0.3 is 4.90 Å². The third-order valence-electron chi connectivity index (χ3n) is 3.03. The standard InChI is InChI=1S/C13H23N3/c1-3-16(4-2)11-10-13(15-14)12-8-6-5-7-9-12/h5-9,13,15H,3-4,10-11,14H2,1-2H3. The van der Waals surface area contributed by atoms with Crippen LogP contribution in [0.2, 0.25) is 0 Å². The Morgan fingerprint density at radius 2 is 1.81 bits per heavy atom. The third-order valence-corrected chi connectivity index (χ3v) is 3.03. The van der Waals surface area contributed by atoms with Crippen LogP contribution in [-0.2, 0) is 0 Å². The largest absolute Gasteiger partial charge is 0.304 e. The number of nitrogens with zero attached hydrogens (tertiary/aromatic N) is 1. The molecule has 16 heavy (non-hydrogen) atoms. The molecule has 3 N–H and O–H groups in total. The lowest BCUT2D eigenvalue weighted by Crippen LogP contribution is -2.32. The predicted molar refractivity (Wildman–Crippen MR) is 68.9 cm³/mol. The van der Waals surface area contributed by atoms with Gasteiger partial charge in [-0.3, -0.25) is 11.3 Å². The zero-order chi connectivity index (χ0) is 11.8. The second-order valence-corrected chi connectivity index (χ2v) is 3.95. The minimum Gasteiger partial charge on any atom is -0.304 e. The molecule has 0 fully saturated rings. The summed E-state index contributed by atoms with van der Waals surface area (Å²) in [5.74, 6) is 5.61. The van der Waals surface area contributed by atoms with Crippen LogP contribution >= 0.6 is 0 Å². The van der Waals surface area contributed by atoms with E-state index in [9.17, 15) is 0 Å². The van der Waals surface area contributed by atoms with Gasteiger partial charge in [0.05, 0.1) is 0 Å². The summed E-state index contributed by atoms with van der Waals surface area (Å²) in [7, 11) is 0. The first-order chi connectivity index (χ1) is 7.81. The highest BCUT2D eigenvalue weighted by atomic mass is 15.2. The molecule has 0 aliphatic carbocycles. The molecule has 1 unspecified atom stereocenters. The lowest BCUT2D eigenvalue weighted by molar-refractivity contribution is 0.282. The van der Waals surface area contributed by atoms with Gasteiger partial charge in [-0.25, -0.2) is 0 Å². The fourth-order valence-corrected chi connectivity index (χ4v) is 1.88. The Bertz CT molecular complexity index is 270. The van der Waals surface area contributed by atoms with E-state index in [0.29, 0.717) is 0 Å². The second kappa shape index (κ2) is 7.39. The molecule has 1 rings (SSSR count). The number of hydrogen-bond acceptors (Lipinski definition) is 3. The summed E-state index contributed by atoms with van der Waals surface area (Å²) in [6.07, 6.45) is 1.04. The number of benzene rings is 1. The van der Waals surface area contributed by atoms with Crippen LogP contribution in [0.25, 0.3) is 0 Å². The van der Waals surface area contributed by atoms with Crippen molar-refractivity contribution in [2.24, 2.45) is 5.84 Å². The highest BCUT2D eigenvalue weighted by Crippen LogP contribution is 2.15. The Morgan fingerprint density at radius 3 is 2.31 bits per heavy atom. The Hall–Kier alpha value is -0.900. The normalized spacial score (nSPS) is 13.0. The first-order valence-electron chi connectivity index (χ1n) is 6.05. The van der Waals surface area contributed by atoms with Gasteiger partial charge >= 0.3 is 0 Å². The zero-order valence-corrected chi connectivity index (χ0v) is 10.3. The summed E-state index contributed by atoms with van der Waals surface area (Å²) < 4.78 is 0. The van der Waals surface area contributed by atoms with Crippen LogP contribution in [0.4, 0.5) is 0 Å². The molecule has 3 nitrogen and oxygen atoms in total. The number of nitrogens with two attached hydrogens (primary N) is 1. The topological polar surface area (TPSA) is 41.3 Å². The monoisotopic (exact) mass is 221 g/mol. The van der Waals surface area contributed by atoms with Crippen LogP contribution in [0.1, 0.15) is 31.9 Å². The fourth-order valence-electron chi connectivity index (χ4n) is 1.88. The minimum atomic E-state index is 0.252. The molecule has 0 bridgehead atoms. The minimum absolute atomic E-state index is 0.252. The van der Waals surface area contributed by atoms with Crippen molar-refractivity contribution in [3.8, 4) is 0 Å². The summed E-state index contributed by atoms with van der Waals surface area (Å²) in [6.45, 7) is 7.66. The Labute approximate surface area is 98.6 Å². The van der Waals surface area contributed by atoms with E-state index in [-0.39, 0.29) is 6.04 Å². The second-order valence-electron chi connectivity index (χ2n) is 3.95. The van der Waals surface area contributed by atoms with E-state index in [0.717, 1.165) is 26.1 Å². The van der Waals surface area contributed by atoms with Crippen LogP contribution in [-0.4, -0.2) is 24.5 Å². The summed E-state index contributed by atoms with van der Waals surface area (Å²) in [5, 5.41) is 0. The van der Waals surface area contributed by atoms with E-state index in [1.807, 2.05) is 6.07 Å². The summed E-state index contributed by atoms with van der Waals surface area (Å²) in [4.78, 5) is 2.41. The number of rotatable bonds is 7. The first kappa shape index (κ1) is 13.2. The molecule has 0 spiro atoms. The van der Waals surface area contributed by atoms with Crippen LogP contribution < -0.4 is 11.3 Å². The molecule has 0 amide bonds. The molecule has 3 heteroatoms. The highest BCUT2D eigenvalue weighted by molar-refractivity contribution is 5.18. The van der Waals surface area contributed by atoms with E-state index in [4.69, 9.17) is 5.84 Å². The molecule has 0 radical (unpaired) electrons. The van der Waals surface area contributed by atoms with Crippen molar-refractivity contribution >= 4 is 0 Å². The number of hydrogen-bond donors (Lipinski definition) is 2. The van der Waals surface area contributed by atoms with Crippen LogP contribution in [0.15, 0.2) is 30.3 Å². The fraction of sp³-hybridized carbons (Fsp3) is 0.538. The molecule has 1 aromatic carbocycles. The maximum atomic E-state index is 5.61. The molecule has 0 aromatic heterocycles. The van der Waals surface area contributed by atoms with Crippen molar-refractivity contribution in [2.75, 3.05) is 19.6 Å². The maximum absolute atomic E-state index is 5.61. The summed E-state index contributed by atoms with van der Waals surface area (Å²) >= 11 is 0. The molecule has 0 saturated carbocycles.